The molecule has 0 aliphatic carbocycles. The van der Waals surface area contributed by atoms with Crippen molar-refractivity contribution in [3.63, 3.8) is 0 Å². The third-order valence-electron chi connectivity index (χ3n) is 3.28. The molecule has 0 radical (unpaired) electrons. The van der Waals surface area contributed by atoms with Crippen LogP contribution >= 0.6 is 15.9 Å². The highest BCUT2D eigenvalue weighted by atomic mass is 79.9. The first-order chi connectivity index (χ1) is 9.75. The second-order valence-corrected chi connectivity index (χ2v) is 5.48. The van der Waals surface area contributed by atoms with Gasteiger partial charge in [0.05, 0.1) is 5.69 Å². The molecule has 2 aromatic carbocycles. The van der Waals surface area contributed by atoms with Crippen molar-refractivity contribution >= 4 is 32.5 Å². The van der Waals surface area contributed by atoms with Crippen LogP contribution < -0.4 is 5.32 Å². The third kappa shape index (κ3) is 2.51. The van der Waals surface area contributed by atoms with Gasteiger partial charge in [-0.3, -0.25) is 0 Å². The molecule has 100 valence electrons. The normalized spacial score (nSPS) is 10.7. The highest BCUT2D eigenvalue weighted by molar-refractivity contribution is 9.10. The first kappa shape index (κ1) is 13.1. The van der Waals surface area contributed by atoms with Gasteiger partial charge in [0.1, 0.15) is 0 Å². The molecule has 0 saturated carbocycles. The Labute approximate surface area is 126 Å². The Bertz CT molecular complexity index is 756. The predicted octanol–water partition coefficient (Wildman–Crippen LogP) is 4.31. The summed E-state index contributed by atoms with van der Waals surface area (Å²) in [6, 6.07) is 16.3. The van der Waals surface area contributed by atoms with Crippen LogP contribution in [0.4, 0.5) is 5.82 Å². The van der Waals surface area contributed by atoms with Gasteiger partial charge in [0, 0.05) is 21.8 Å². The Balaban J connectivity index is 1.92. The molecular formula is C16H14BrN3. The van der Waals surface area contributed by atoms with Crippen molar-refractivity contribution in [3.8, 4) is 0 Å². The quantitative estimate of drug-likeness (QED) is 0.778. The fourth-order valence-corrected chi connectivity index (χ4v) is 2.61. The van der Waals surface area contributed by atoms with Crippen LogP contribution in [0.15, 0.2) is 53.0 Å². The van der Waals surface area contributed by atoms with Crippen LogP contribution in [0.2, 0.25) is 0 Å². The maximum absolute atomic E-state index is 4.27. The van der Waals surface area contributed by atoms with Crippen molar-refractivity contribution in [1.82, 2.24) is 10.2 Å². The van der Waals surface area contributed by atoms with Gasteiger partial charge in [0.15, 0.2) is 5.82 Å². The molecule has 0 spiro atoms. The maximum Gasteiger partial charge on any atom is 0.156 e. The van der Waals surface area contributed by atoms with E-state index in [4.69, 9.17) is 0 Å². The molecular weight excluding hydrogens is 314 g/mol. The molecule has 0 bridgehead atoms. The summed E-state index contributed by atoms with van der Waals surface area (Å²) in [5.74, 6) is 0.821. The lowest BCUT2D eigenvalue weighted by Gasteiger charge is -2.10. The van der Waals surface area contributed by atoms with Gasteiger partial charge in [-0.1, -0.05) is 58.4 Å². The lowest BCUT2D eigenvalue weighted by molar-refractivity contribution is 0.981. The molecule has 0 fully saturated rings. The first-order valence-corrected chi connectivity index (χ1v) is 7.24. The van der Waals surface area contributed by atoms with E-state index < -0.39 is 0 Å². The molecule has 3 rings (SSSR count). The fourth-order valence-electron chi connectivity index (χ4n) is 2.19. The van der Waals surface area contributed by atoms with E-state index in [-0.39, 0.29) is 0 Å². The zero-order valence-electron chi connectivity index (χ0n) is 11.1. The van der Waals surface area contributed by atoms with Gasteiger partial charge < -0.3 is 5.32 Å². The first-order valence-electron chi connectivity index (χ1n) is 6.45. The topological polar surface area (TPSA) is 37.8 Å². The summed E-state index contributed by atoms with van der Waals surface area (Å²) >= 11 is 3.56. The summed E-state index contributed by atoms with van der Waals surface area (Å²) in [6.45, 7) is 2.69. The van der Waals surface area contributed by atoms with E-state index in [1.165, 1.54) is 5.56 Å². The standard InChI is InChI=1S/C16H14BrN3/c1-11-13-7-3-4-8-14(13)16(20-19-11)18-10-12-6-2-5-9-15(12)17/h2-9H,10H2,1H3,(H,18,20). The van der Waals surface area contributed by atoms with E-state index in [2.05, 4.69) is 49.6 Å². The Kier molecular flexibility index (Phi) is 3.65. The van der Waals surface area contributed by atoms with Gasteiger partial charge in [-0.2, -0.15) is 5.10 Å². The molecule has 0 amide bonds. The summed E-state index contributed by atoms with van der Waals surface area (Å²) < 4.78 is 1.09. The van der Waals surface area contributed by atoms with E-state index in [1.54, 1.807) is 0 Å². The third-order valence-corrected chi connectivity index (χ3v) is 4.05. The summed E-state index contributed by atoms with van der Waals surface area (Å²) in [5, 5.41) is 14.1. The number of fused-ring (bicyclic) bond motifs is 1. The minimum absolute atomic E-state index is 0.711. The van der Waals surface area contributed by atoms with Crippen molar-refractivity contribution in [2.75, 3.05) is 5.32 Å². The predicted molar refractivity (Wildman–Crippen MR) is 85.7 cm³/mol. The number of nitrogens with one attached hydrogen (secondary N) is 1. The molecule has 1 aromatic heterocycles. The number of hydrogen-bond donors (Lipinski definition) is 1. The van der Waals surface area contributed by atoms with Crippen molar-refractivity contribution in [2.24, 2.45) is 0 Å². The van der Waals surface area contributed by atoms with E-state index in [1.807, 2.05) is 37.3 Å². The van der Waals surface area contributed by atoms with Gasteiger partial charge in [-0.05, 0) is 18.6 Å². The summed E-state index contributed by atoms with van der Waals surface area (Å²) in [6.07, 6.45) is 0. The van der Waals surface area contributed by atoms with Gasteiger partial charge >= 0.3 is 0 Å². The van der Waals surface area contributed by atoms with E-state index in [0.29, 0.717) is 6.54 Å². The molecule has 20 heavy (non-hydrogen) atoms. The van der Waals surface area contributed by atoms with Crippen LogP contribution in [0.1, 0.15) is 11.3 Å². The fraction of sp³-hybridized carbons (Fsp3) is 0.125. The SMILES string of the molecule is Cc1nnc(NCc2ccccc2Br)c2ccccc12. The minimum Gasteiger partial charge on any atom is -0.364 e. The number of halogens is 1. The summed E-state index contributed by atoms with van der Waals surface area (Å²) in [4.78, 5) is 0. The Morgan fingerprint density at radius 2 is 1.65 bits per heavy atom. The highest BCUT2D eigenvalue weighted by Gasteiger charge is 2.06. The largest absolute Gasteiger partial charge is 0.364 e. The Morgan fingerprint density at radius 1 is 0.950 bits per heavy atom. The number of anilines is 1. The van der Waals surface area contributed by atoms with Crippen LogP contribution in [0, 0.1) is 6.92 Å². The Morgan fingerprint density at radius 3 is 2.45 bits per heavy atom. The van der Waals surface area contributed by atoms with Crippen molar-refractivity contribution < 1.29 is 0 Å². The molecule has 0 unspecified atom stereocenters. The number of benzene rings is 2. The lowest BCUT2D eigenvalue weighted by Crippen LogP contribution is -2.04. The monoisotopic (exact) mass is 327 g/mol. The van der Waals surface area contributed by atoms with E-state index in [9.17, 15) is 0 Å². The molecule has 1 N–H and O–H groups in total. The second-order valence-electron chi connectivity index (χ2n) is 4.62. The number of rotatable bonds is 3. The van der Waals surface area contributed by atoms with Crippen molar-refractivity contribution in [2.45, 2.75) is 13.5 Å². The van der Waals surface area contributed by atoms with E-state index in [0.717, 1.165) is 26.8 Å². The van der Waals surface area contributed by atoms with Crippen LogP contribution in [0.3, 0.4) is 0 Å². The van der Waals surface area contributed by atoms with Crippen molar-refractivity contribution in [1.29, 1.82) is 0 Å². The van der Waals surface area contributed by atoms with Gasteiger partial charge in [-0.15, -0.1) is 5.10 Å². The zero-order valence-corrected chi connectivity index (χ0v) is 12.7. The smallest absolute Gasteiger partial charge is 0.156 e. The number of aromatic nitrogens is 2. The summed E-state index contributed by atoms with van der Waals surface area (Å²) in [7, 11) is 0. The second kappa shape index (κ2) is 5.59. The Hall–Kier alpha value is -1.94. The number of hydrogen-bond acceptors (Lipinski definition) is 3. The van der Waals surface area contributed by atoms with Gasteiger partial charge in [-0.25, -0.2) is 0 Å². The number of aryl methyl sites for hydroxylation is 1. The molecule has 0 saturated heterocycles. The van der Waals surface area contributed by atoms with Crippen LogP contribution in [-0.4, -0.2) is 10.2 Å². The highest BCUT2D eigenvalue weighted by Crippen LogP contribution is 2.23. The van der Waals surface area contributed by atoms with Crippen LogP contribution in [0.5, 0.6) is 0 Å². The van der Waals surface area contributed by atoms with Crippen molar-refractivity contribution in [3.05, 3.63) is 64.3 Å². The lowest BCUT2D eigenvalue weighted by atomic mass is 10.1. The van der Waals surface area contributed by atoms with Gasteiger partial charge in [0.25, 0.3) is 0 Å². The maximum atomic E-state index is 4.27. The molecule has 0 aliphatic rings. The molecule has 3 nitrogen and oxygen atoms in total. The zero-order chi connectivity index (χ0) is 13.9. The number of nitrogens with zero attached hydrogens (tertiary/aromatic N) is 2. The average Bonchev–Trinajstić information content (AvgIpc) is 2.48. The van der Waals surface area contributed by atoms with Gasteiger partial charge in [0.2, 0.25) is 0 Å². The average molecular weight is 328 g/mol. The molecule has 3 aromatic rings. The van der Waals surface area contributed by atoms with Crippen LogP contribution in [0.25, 0.3) is 10.8 Å². The van der Waals surface area contributed by atoms with E-state index >= 15 is 0 Å². The molecule has 0 aliphatic heterocycles. The molecule has 0 atom stereocenters. The minimum atomic E-state index is 0.711. The summed E-state index contributed by atoms with van der Waals surface area (Å²) in [5.41, 5.74) is 2.14. The van der Waals surface area contributed by atoms with Crippen LogP contribution in [-0.2, 0) is 6.54 Å². The molecule has 4 heteroatoms. The molecule has 1 heterocycles.